The fraction of sp³-hybridized carbons (Fsp3) is 0.632. The number of carbonyl (C=O) groups excluding carboxylic acids is 1. The number of hydrogen-bond acceptors (Lipinski definition) is 4. The Kier molecular flexibility index (Phi) is 6.19. The zero-order valence-electron chi connectivity index (χ0n) is 15.4. The number of nitrogens with zero attached hydrogens (tertiary/aromatic N) is 2. The minimum atomic E-state index is -3.64. The van der Waals surface area contributed by atoms with Gasteiger partial charge in [0.2, 0.25) is 10.0 Å². The van der Waals surface area contributed by atoms with E-state index in [-0.39, 0.29) is 10.8 Å². The first-order valence-corrected chi connectivity index (χ1v) is 11.0. The smallest absolute Gasteiger partial charge is 0.253 e. The minimum Gasteiger partial charge on any atom is -0.495 e. The fourth-order valence-electron chi connectivity index (χ4n) is 3.71. The summed E-state index contributed by atoms with van der Waals surface area (Å²) in [5, 5.41) is 0. The first kappa shape index (κ1) is 19.2. The van der Waals surface area contributed by atoms with Crippen LogP contribution >= 0.6 is 0 Å². The number of amides is 1. The van der Waals surface area contributed by atoms with Crippen molar-refractivity contribution in [3.05, 3.63) is 23.8 Å². The number of benzene rings is 1. The maximum atomic E-state index is 13.0. The molecule has 0 spiro atoms. The maximum absolute atomic E-state index is 13.0. The molecule has 0 N–H and O–H groups in total. The van der Waals surface area contributed by atoms with Gasteiger partial charge in [-0.3, -0.25) is 4.79 Å². The second-order valence-electron chi connectivity index (χ2n) is 7.04. The Balaban J connectivity index is 1.90. The molecular weight excluding hydrogens is 352 g/mol. The number of carbonyl (C=O) groups is 1. The van der Waals surface area contributed by atoms with Crippen molar-refractivity contribution < 1.29 is 17.9 Å². The van der Waals surface area contributed by atoms with Crippen LogP contribution in [0.1, 0.15) is 55.3 Å². The minimum absolute atomic E-state index is 0.0903. The van der Waals surface area contributed by atoms with E-state index in [1.807, 2.05) is 4.90 Å². The number of sulfonamides is 1. The van der Waals surface area contributed by atoms with Crippen LogP contribution in [0, 0.1) is 0 Å². The molecule has 144 valence electrons. The van der Waals surface area contributed by atoms with Gasteiger partial charge in [0.15, 0.2) is 0 Å². The van der Waals surface area contributed by atoms with Crippen molar-refractivity contribution in [1.29, 1.82) is 0 Å². The van der Waals surface area contributed by atoms with Crippen LogP contribution in [0.15, 0.2) is 23.1 Å². The molecule has 3 rings (SSSR count). The second-order valence-corrected chi connectivity index (χ2v) is 8.94. The molecule has 0 aromatic heterocycles. The van der Waals surface area contributed by atoms with E-state index in [4.69, 9.17) is 4.74 Å². The van der Waals surface area contributed by atoms with Gasteiger partial charge in [0.25, 0.3) is 5.91 Å². The molecule has 0 radical (unpaired) electrons. The zero-order chi connectivity index (χ0) is 18.6. The molecule has 1 aromatic rings. The number of rotatable bonds is 4. The van der Waals surface area contributed by atoms with E-state index in [9.17, 15) is 13.2 Å². The summed E-state index contributed by atoms with van der Waals surface area (Å²) in [7, 11) is -2.19. The largest absolute Gasteiger partial charge is 0.495 e. The normalized spacial score (nSPS) is 19.8. The number of methoxy groups -OCH3 is 1. The van der Waals surface area contributed by atoms with Gasteiger partial charge in [-0.05, 0) is 43.9 Å². The molecule has 26 heavy (non-hydrogen) atoms. The highest BCUT2D eigenvalue weighted by molar-refractivity contribution is 7.89. The molecule has 2 heterocycles. The fourth-order valence-corrected chi connectivity index (χ4v) is 5.41. The highest BCUT2D eigenvalue weighted by atomic mass is 32.2. The third-order valence-corrected chi connectivity index (χ3v) is 7.16. The third-order valence-electron chi connectivity index (χ3n) is 5.24. The van der Waals surface area contributed by atoms with Crippen LogP contribution in [-0.2, 0) is 10.0 Å². The Bertz CT molecular complexity index is 734. The third kappa shape index (κ3) is 4.04. The van der Waals surface area contributed by atoms with E-state index in [0.717, 1.165) is 51.6 Å². The van der Waals surface area contributed by atoms with Gasteiger partial charge in [0.05, 0.1) is 7.11 Å². The first-order chi connectivity index (χ1) is 12.5. The van der Waals surface area contributed by atoms with Crippen molar-refractivity contribution in [1.82, 2.24) is 9.21 Å². The van der Waals surface area contributed by atoms with Crippen LogP contribution in [-0.4, -0.2) is 56.8 Å². The highest BCUT2D eigenvalue weighted by Crippen LogP contribution is 2.30. The summed E-state index contributed by atoms with van der Waals surface area (Å²) in [6.45, 7) is 2.52. The molecule has 2 aliphatic rings. The van der Waals surface area contributed by atoms with Gasteiger partial charge >= 0.3 is 0 Å². The Morgan fingerprint density at radius 1 is 0.923 bits per heavy atom. The summed E-state index contributed by atoms with van der Waals surface area (Å²) in [6, 6.07) is 4.76. The number of ether oxygens (including phenoxy) is 1. The summed E-state index contributed by atoms with van der Waals surface area (Å²) in [5.74, 6) is 0.202. The lowest BCUT2D eigenvalue weighted by Gasteiger charge is -2.25. The Morgan fingerprint density at radius 2 is 1.50 bits per heavy atom. The van der Waals surface area contributed by atoms with Crippen LogP contribution in [0.2, 0.25) is 0 Å². The van der Waals surface area contributed by atoms with Crippen LogP contribution in [0.3, 0.4) is 0 Å². The van der Waals surface area contributed by atoms with Gasteiger partial charge in [0.1, 0.15) is 10.6 Å². The molecule has 2 fully saturated rings. The summed E-state index contributed by atoms with van der Waals surface area (Å²) in [5.41, 5.74) is 0.421. The molecule has 0 unspecified atom stereocenters. The van der Waals surface area contributed by atoms with Gasteiger partial charge in [0, 0.05) is 31.7 Å². The van der Waals surface area contributed by atoms with Crippen molar-refractivity contribution in [2.24, 2.45) is 0 Å². The Hall–Kier alpha value is -1.60. The van der Waals surface area contributed by atoms with E-state index in [0.29, 0.717) is 24.4 Å². The van der Waals surface area contributed by atoms with Crippen LogP contribution in [0.4, 0.5) is 0 Å². The van der Waals surface area contributed by atoms with Gasteiger partial charge in [-0.1, -0.05) is 19.3 Å². The topological polar surface area (TPSA) is 66.9 Å². The zero-order valence-corrected chi connectivity index (χ0v) is 16.3. The van der Waals surface area contributed by atoms with Crippen molar-refractivity contribution in [3.8, 4) is 5.75 Å². The summed E-state index contributed by atoms with van der Waals surface area (Å²) in [4.78, 5) is 14.9. The van der Waals surface area contributed by atoms with Gasteiger partial charge in [-0.15, -0.1) is 0 Å². The molecule has 7 heteroatoms. The lowest BCUT2D eigenvalue weighted by Crippen LogP contribution is -2.34. The van der Waals surface area contributed by atoms with Crippen molar-refractivity contribution in [3.63, 3.8) is 0 Å². The predicted molar refractivity (Wildman–Crippen MR) is 100.0 cm³/mol. The number of hydrogen-bond donors (Lipinski definition) is 0. The lowest BCUT2D eigenvalue weighted by molar-refractivity contribution is 0.0742. The molecule has 1 aromatic carbocycles. The van der Waals surface area contributed by atoms with Gasteiger partial charge < -0.3 is 9.64 Å². The standard InChI is InChI=1S/C19H28N2O4S/c1-25-17-10-9-16(19(22)20-11-5-3-2-4-6-12-20)15-18(17)26(23,24)21-13-7-8-14-21/h9-10,15H,2-8,11-14H2,1H3. The monoisotopic (exact) mass is 380 g/mol. The van der Waals surface area contributed by atoms with Gasteiger partial charge in [-0.25, -0.2) is 8.42 Å². The molecule has 1 amide bonds. The van der Waals surface area contributed by atoms with Crippen LogP contribution in [0.5, 0.6) is 5.75 Å². The molecular formula is C19H28N2O4S. The van der Waals surface area contributed by atoms with Crippen molar-refractivity contribution in [2.45, 2.75) is 49.8 Å². The highest BCUT2D eigenvalue weighted by Gasteiger charge is 2.31. The second kappa shape index (κ2) is 8.39. The maximum Gasteiger partial charge on any atom is 0.253 e. The summed E-state index contributed by atoms with van der Waals surface area (Å²) in [6.07, 6.45) is 7.24. The molecule has 0 aliphatic carbocycles. The molecule has 0 atom stereocenters. The van der Waals surface area contributed by atoms with E-state index in [1.54, 1.807) is 12.1 Å². The molecule has 6 nitrogen and oxygen atoms in total. The average molecular weight is 381 g/mol. The van der Waals surface area contributed by atoms with Gasteiger partial charge in [-0.2, -0.15) is 4.31 Å². The van der Waals surface area contributed by atoms with Crippen molar-refractivity contribution >= 4 is 15.9 Å². The average Bonchev–Trinajstić information content (AvgIpc) is 3.16. The van der Waals surface area contributed by atoms with Crippen LogP contribution < -0.4 is 4.74 Å². The van der Waals surface area contributed by atoms with E-state index in [2.05, 4.69) is 0 Å². The molecule has 2 saturated heterocycles. The molecule has 0 bridgehead atoms. The summed E-state index contributed by atoms with van der Waals surface area (Å²) < 4.78 is 32.7. The molecule has 0 saturated carbocycles. The predicted octanol–water partition coefficient (Wildman–Crippen LogP) is 2.89. The van der Waals surface area contributed by atoms with Crippen LogP contribution in [0.25, 0.3) is 0 Å². The van der Waals surface area contributed by atoms with E-state index in [1.165, 1.54) is 23.9 Å². The van der Waals surface area contributed by atoms with Crippen molar-refractivity contribution in [2.75, 3.05) is 33.3 Å². The Labute approximate surface area is 156 Å². The first-order valence-electron chi connectivity index (χ1n) is 9.51. The Morgan fingerprint density at radius 3 is 2.12 bits per heavy atom. The lowest BCUT2D eigenvalue weighted by atomic mass is 10.1. The van der Waals surface area contributed by atoms with E-state index < -0.39 is 10.0 Å². The number of likely N-dealkylation sites (tertiary alicyclic amines) is 1. The van der Waals surface area contributed by atoms with E-state index >= 15 is 0 Å². The quantitative estimate of drug-likeness (QED) is 0.806. The SMILES string of the molecule is COc1ccc(C(=O)N2CCCCCCC2)cc1S(=O)(=O)N1CCCC1. The molecule has 2 aliphatic heterocycles. The summed E-state index contributed by atoms with van der Waals surface area (Å²) >= 11 is 0.